The number of benzene rings is 3. The molecule has 6 heteroatoms. The van der Waals surface area contributed by atoms with Crippen molar-refractivity contribution in [2.75, 3.05) is 18.1 Å². The van der Waals surface area contributed by atoms with Gasteiger partial charge in [-0.3, -0.25) is 0 Å². The van der Waals surface area contributed by atoms with E-state index in [4.69, 9.17) is 27.8 Å². The van der Waals surface area contributed by atoms with Gasteiger partial charge in [0.25, 0.3) is 0 Å². The summed E-state index contributed by atoms with van der Waals surface area (Å²) in [5.74, 6) is 1.41. The molecule has 0 atom stereocenters. The van der Waals surface area contributed by atoms with Crippen LogP contribution in [0.15, 0.2) is 78.9 Å². The molecule has 0 unspecified atom stereocenters. The molecule has 3 aromatic carbocycles. The molecule has 5 nitrogen and oxygen atoms in total. The van der Waals surface area contributed by atoms with E-state index in [-0.39, 0.29) is 5.95 Å². The minimum absolute atomic E-state index is 0.165. The summed E-state index contributed by atoms with van der Waals surface area (Å²) < 4.78 is 6.13. The van der Waals surface area contributed by atoms with Crippen molar-refractivity contribution < 1.29 is 4.74 Å². The molecular formula is C27H27ClN4O. The zero-order valence-corrected chi connectivity index (χ0v) is 19.1. The van der Waals surface area contributed by atoms with E-state index in [2.05, 4.69) is 40.3 Å². The summed E-state index contributed by atoms with van der Waals surface area (Å²) in [6, 6.07) is 26.1. The number of nitrogens with two attached hydrogens (primary N) is 2. The molecule has 0 saturated carbocycles. The quantitative estimate of drug-likeness (QED) is 0.311. The molecule has 4 aromatic rings. The SMILES string of the molecule is Nc1nc(N)c(-c2cccc(Cl)c2)c(CCc2ccccc2OCCCc2ccccc2)n1. The van der Waals surface area contributed by atoms with Crippen LogP contribution in [-0.2, 0) is 19.3 Å². The molecule has 0 aliphatic rings. The van der Waals surface area contributed by atoms with Crippen molar-refractivity contribution >= 4 is 23.4 Å². The summed E-state index contributed by atoms with van der Waals surface area (Å²) in [6.07, 6.45) is 3.32. The van der Waals surface area contributed by atoms with Gasteiger partial charge in [0.15, 0.2) is 0 Å². The van der Waals surface area contributed by atoms with Crippen LogP contribution in [0.1, 0.15) is 23.2 Å². The average molecular weight is 459 g/mol. The fourth-order valence-corrected chi connectivity index (χ4v) is 4.08. The number of nitrogen functional groups attached to an aromatic ring is 2. The summed E-state index contributed by atoms with van der Waals surface area (Å²) >= 11 is 6.20. The first-order valence-corrected chi connectivity index (χ1v) is 11.4. The summed E-state index contributed by atoms with van der Waals surface area (Å²) in [7, 11) is 0. The van der Waals surface area contributed by atoms with Crippen LogP contribution in [0.2, 0.25) is 5.02 Å². The summed E-state index contributed by atoms with van der Waals surface area (Å²) in [4.78, 5) is 8.66. The second-order valence-electron chi connectivity index (χ2n) is 7.84. The van der Waals surface area contributed by atoms with E-state index in [9.17, 15) is 0 Å². The number of para-hydroxylation sites is 1. The lowest BCUT2D eigenvalue weighted by Gasteiger charge is -2.14. The number of aromatic nitrogens is 2. The summed E-state index contributed by atoms with van der Waals surface area (Å²) in [5.41, 5.74) is 17.0. The van der Waals surface area contributed by atoms with E-state index in [1.54, 1.807) is 0 Å². The number of rotatable bonds is 9. The van der Waals surface area contributed by atoms with Crippen molar-refractivity contribution in [1.82, 2.24) is 9.97 Å². The molecule has 4 rings (SSSR count). The zero-order valence-electron chi connectivity index (χ0n) is 18.4. The lowest BCUT2D eigenvalue weighted by Crippen LogP contribution is -2.08. The van der Waals surface area contributed by atoms with Gasteiger partial charge in [-0.15, -0.1) is 0 Å². The molecule has 0 saturated heterocycles. The Morgan fingerprint density at radius 1 is 0.788 bits per heavy atom. The highest BCUT2D eigenvalue weighted by Crippen LogP contribution is 2.31. The second-order valence-corrected chi connectivity index (χ2v) is 8.28. The smallest absolute Gasteiger partial charge is 0.222 e. The Balaban J connectivity index is 1.46. The fourth-order valence-electron chi connectivity index (χ4n) is 3.89. The summed E-state index contributed by atoms with van der Waals surface area (Å²) in [6.45, 7) is 0.660. The van der Waals surface area contributed by atoms with Gasteiger partial charge < -0.3 is 16.2 Å². The van der Waals surface area contributed by atoms with Crippen LogP contribution < -0.4 is 16.2 Å². The number of ether oxygens (including phenoxy) is 1. The molecular weight excluding hydrogens is 432 g/mol. The largest absolute Gasteiger partial charge is 0.493 e. The van der Waals surface area contributed by atoms with Crippen LogP contribution in [0.25, 0.3) is 11.1 Å². The van der Waals surface area contributed by atoms with E-state index in [1.165, 1.54) is 5.56 Å². The van der Waals surface area contributed by atoms with E-state index in [0.717, 1.165) is 47.4 Å². The number of anilines is 2. The van der Waals surface area contributed by atoms with Crippen LogP contribution in [-0.4, -0.2) is 16.6 Å². The minimum Gasteiger partial charge on any atom is -0.493 e. The van der Waals surface area contributed by atoms with Gasteiger partial charge in [-0.2, -0.15) is 4.98 Å². The molecule has 0 aliphatic carbocycles. The van der Waals surface area contributed by atoms with Crippen LogP contribution in [0.5, 0.6) is 5.75 Å². The van der Waals surface area contributed by atoms with Crippen LogP contribution >= 0.6 is 11.6 Å². The van der Waals surface area contributed by atoms with Crippen molar-refractivity contribution in [3.63, 3.8) is 0 Å². The number of halogens is 1. The second kappa shape index (κ2) is 10.8. The minimum atomic E-state index is 0.165. The lowest BCUT2D eigenvalue weighted by atomic mass is 9.99. The third-order valence-electron chi connectivity index (χ3n) is 5.46. The van der Waals surface area contributed by atoms with Gasteiger partial charge in [0.2, 0.25) is 5.95 Å². The monoisotopic (exact) mass is 458 g/mol. The topological polar surface area (TPSA) is 87.0 Å². The maximum Gasteiger partial charge on any atom is 0.222 e. The zero-order chi connectivity index (χ0) is 23.0. The van der Waals surface area contributed by atoms with Crippen molar-refractivity contribution in [3.05, 3.63) is 101 Å². The number of hydrogen-bond donors (Lipinski definition) is 2. The molecule has 33 heavy (non-hydrogen) atoms. The van der Waals surface area contributed by atoms with Crippen molar-refractivity contribution in [2.45, 2.75) is 25.7 Å². The third-order valence-corrected chi connectivity index (χ3v) is 5.69. The normalized spacial score (nSPS) is 10.8. The molecule has 0 fully saturated rings. The van der Waals surface area contributed by atoms with Gasteiger partial charge in [0, 0.05) is 10.6 Å². The molecule has 168 valence electrons. The van der Waals surface area contributed by atoms with E-state index in [0.29, 0.717) is 23.9 Å². The van der Waals surface area contributed by atoms with Gasteiger partial charge in [0.05, 0.1) is 12.3 Å². The lowest BCUT2D eigenvalue weighted by molar-refractivity contribution is 0.308. The molecule has 4 N–H and O–H groups in total. The third kappa shape index (κ3) is 6.02. The van der Waals surface area contributed by atoms with E-state index < -0.39 is 0 Å². The molecule has 0 spiro atoms. The molecule has 0 amide bonds. The number of nitrogens with zero attached hydrogens (tertiary/aromatic N) is 2. The average Bonchev–Trinajstić information content (AvgIpc) is 2.81. The summed E-state index contributed by atoms with van der Waals surface area (Å²) in [5, 5.41) is 0.629. The Morgan fingerprint density at radius 3 is 2.39 bits per heavy atom. The Morgan fingerprint density at radius 2 is 1.58 bits per heavy atom. The molecule has 0 bridgehead atoms. The first-order valence-electron chi connectivity index (χ1n) is 11.0. The van der Waals surface area contributed by atoms with Gasteiger partial charge in [0.1, 0.15) is 11.6 Å². The predicted molar refractivity (Wildman–Crippen MR) is 135 cm³/mol. The van der Waals surface area contributed by atoms with Gasteiger partial charge in [-0.1, -0.05) is 72.3 Å². The predicted octanol–water partition coefficient (Wildman–Crippen LogP) is 5.76. The Bertz CT molecular complexity index is 1210. The van der Waals surface area contributed by atoms with Crippen LogP contribution in [0, 0.1) is 0 Å². The van der Waals surface area contributed by atoms with Crippen molar-refractivity contribution in [1.29, 1.82) is 0 Å². The van der Waals surface area contributed by atoms with Gasteiger partial charge in [-0.05, 0) is 60.6 Å². The Hall–Kier alpha value is -3.57. The van der Waals surface area contributed by atoms with Crippen molar-refractivity contribution in [2.24, 2.45) is 0 Å². The maximum atomic E-state index is 6.23. The maximum absolute atomic E-state index is 6.23. The highest BCUT2D eigenvalue weighted by atomic mass is 35.5. The van der Waals surface area contributed by atoms with Crippen LogP contribution in [0.3, 0.4) is 0 Å². The van der Waals surface area contributed by atoms with Gasteiger partial charge >= 0.3 is 0 Å². The van der Waals surface area contributed by atoms with E-state index >= 15 is 0 Å². The van der Waals surface area contributed by atoms with Crippen LogP contribution in [0.4, 0.5) is 11.8 Å². The highest BCUT2D eigenvalue weighted by molar-refractivity contribution is 6.30. The number of hydrogen-bond acceptors (Lipinski definition) is 5. The molecule has 0 radical (unpaired) electrons. The molecule has 0 aliphatic heterocycles. The first kappa shape index (κ1) is 22.6. The number of aryl methyl sites for hydroxylation is 3. The molecule has 1 heterocycles. The first-order chi connectivity index (χ1) is 16.1. The molecule has 1 aromatic heterocycles. The Kier molecular flexibility index (Phi) is 7.43. The van der Waals surface area contributed by atoms with Gasteiger partial charge in [-0.25, -0.2) is 4.98 Å². The standard InChI is InChI=1S/C27H27ClN4O/c28-22-13-6-12-21(18-22)25-23(31-27(30)32-26(25)29)16-15-20-11-4-5-14-24(20)33-17-7-10-19-8-2-1-3-9-19/h1-6,8-9,11-14,18H,7,10,15-17H2,(H4,29,30,31,32). The Labute approximate surface area is 199 Å². The van der Waals surface area contributed by atoms with Crippen molar-refractivity contribution in [3.8, 4) is 16.9 Å². The highest BCUT2D eigenvalue weighted by Gasteiger charge is 2.15. The van der Waals surface area contributed by atoms with E-state index in [1.807, 2.05) is 48.5 Å². The fraction of sp³-hybridized carbons (Fsp3) is 0.185.